The van der Waals surface area contributed by atoms with Crippen LogP contribution in [0.15, 0.2) is 12.1 Å². The van der Waals surface area contributed by atoms with Crippen molar-refractivity contribution in [2.45, 2.75) is 25.9 Å². The molecule has 1 aliphatic heterocycles. The Balaban J connectivity index is 2.39. The molecule has 0 bridgehead atoms. The molecule has 0 radical (unpaired) electrons. The zero-order chi connectivity index (χ0) is 13.1. The highest BCUT2D eigenvalue weighted by Gasteiger charge is 2.22. The molecular formula is C14H20FNO2. The van der Waals surface area contributed by atoms with Crippen molar-refractivity contribution < 1.29 is 13.9 Å². The van der Waals surface area contributed by atoms with Gasteiger partial charge in [0.15, 0.2) is 0 Å². The maximum absolute atomic E-state index is 13.9. The lowest BCUT2D eigenvalue weighted by Gasteiger charge is -2.26. The molecule has 3 nitrogen and oxygen atoms in total. The number of ether oxygens (including phenoxy) is 2. The number of methoxy groups -OCH3 is 1. The van der Waals surface area contributed by atoms with Crippen molar-refractivity contribution >= 4 is 0 Å². The summed E-state index contributed by atoms with van der Waals surface area (Å²) in [7, 11) is 1.56. The van der Waals surface area contributed by atoms with Crippen LogP contribution in [0.2, 0.25) is 0 Å². The number of hydrogen-bond acceptors (Lipinski definition) is 3. The van der Waals surface area contributed by atoms with Crippen molar-refractivity contribution in [3.63, 3.8) is 0 Å². The largest absolute Gasteiger partial charge is 0.496 e. The standard InChI is InChI=1S/C14H20FNO2/c1-9(2)10-6-11(13(17-3)7-12(10)15)14-8-16-4-5-18-14/h6-7,9,14,16H,4-5,8H2,1-3H3. The fraction of sp³-hybridized carbons (Fsp3) is 0.571. The lowest BCUT2D eigenvalue weighted by Crippen LogP contribution is -2.33. The van der Waals surface area contributed by atoms with Gasteiger partial charge >= 0.3 is 0 Å². The number of benzene rings is 1. The molecule has 1 aliphatic rings. The lowest BCUT2D eigenvalue weighted by atomic mass is 9.96. The van der Waals surface area contributed by atoms with E-state index in [1.165, 1.54) is 6.07 Å². The summed E-state index contributed by atoms with van der Waals surface area (Å²) in [4.78, 5) is 0. The first-order valence-electron chi connectivity index (χ1n) is 6.33. The molecule has 0 amide bonds. The molecule has 1 aromatic carbocycles. The Morgan fingerprint density at radius 3 is 2.78 bits per heavy atom. The highest BCUT2D eigenvalue weighted by molar-refractivity contribution is 5.41. The zero-order valence-corrected chi connectivity index (χ0v) is 11.1. The Bertz CT molecular complexity index is 415. The monoisotopic (exact) mass is 253 g/mol. The second-order valence-corrected chi connectivity index (χ2v) is 4.83. The summed E-state index contributed by atoms with van der Waals surface area (Å²) >= 11 is 0. The van der Waals surface area contributed by atoms with Crippen molar-refractivity contribution in [2.75, 3.05) is 26.8 Å². The van der Waals surface area contributed by atoms with E-state index in [1.807, 2.05) is 19.9 Å². The maximum atomic E-state index is 13.9. The van der Waals surface area contributed by atoms with Crippen LogP contribution in [0, 0.1) is 5.82 Å². The van der Waals surface area contributed by atoms with Crippen LogP contribution in [0.3, 0.4) is 0 Å². The summed E-state index contributed by atoms with van der Waals surface area (Å²) in [6, 6.07) is 3.33. The molecule has 1 atom stereocenters. The molecule has 18 heavy (non-hydrogen) atoms. The highest BCUT2D eigenvalue weighted by atomic mass is 19.1. The van der Waals surface area contributed by atoms with E-state index < -0.39 is 0 Å². The Labute approximate surface area is 107 Å². The van der Waals surface area contributed by atoms with Crippen LogP contribution < -0.4 is 10.1 Å². The minimum atomic E-state index is -0.214. The van der Waals surface area contributed by atoms with Gasteiger partial charge in [-0.1, -0.05) is 13.8 Å². The van der Waals surface area contributed by atoms with Gasteiger partial charge in [-0.15, -0.1) is 0 Å². The molecule has 0 spiro atoms. The third-order valence-corrected chi connectivity index (χ3v) is 3.25. The van der Waals surface area contributed by atoms with E-state index in [9.17, 15) is 4.39 Å². The number of nitrogens with one attached hydrogen (secondary N) is 1. The van der Waals surface area contributed by atoms with E-state index in [4.69, 9.17) is 9.47 Å². The zero-order valence-electron chi connectivity index (χ0n) is 11.1. The minimum absolute atomic E-state index is 0.0631. The van der Waals surface area contributed by atoms with Gasteiger partial charge in [-0.2, -0.15) is 0 Å². The smallest absolute Gasteiger partial charge is 0.130 e. The molecule has 1 fully saturated rings. The Morgan fingerprint density at radius 2 is 2.22 bits per heavy atom. The summed E-state index contributed by atoms with van der Waals surface area (Å²) < 4.78 is 24.9. The summed E-state index contributed by atoms with van der Waals surface area (Å²) in [5.41, 5.74) is 1.63. The van der Waals surface area contributed by atoms with Crippen LogP contribution in [0.25, 0.3) is 0 Å². The van der Waals surface area contributed by atoms with Crippen molar-refractivity contribution in [3.05, 3.63) is 29.1 Å². The van der Waals surface area contributed by atoms with E-state index >= 15 is 0 Å². The van der Waals surface area contributed by atoms with Crippen molar-refractivity contribution in [3.8, 4) is 5.75 Å². The molecule has 0 aliphatic carbocycles. The molecule has 100 valence electrons. The lowest BCUT2D eigenvalue weighted by molar-refractivity contribution is 0.0261. The molecule has 4 heteroatoms. The van der Waals surface area contributed by atoms with Crippen molar-refractivity contribution in [2.24, 2.45) is 0 Å². The molecule has 2 rings (SSSR count). The van der Waals surface area contributed by atoms with Crippen molar-refractivity contribution in [1.82, 2.24) is 5.32 Å². The van der Waals surface area contributed by atoms with E-state index in [1.54, 1.807) is 7.11 Å². The van der Waals surface area contributed by atoms with Gasteiger partial charge in [0.1, 0.15) is 11.6 Å². The summed E-state index contributed by atoms with van der Waals surface area (Å²) in [6.45, 7) is 6.22. The van der Waals surface area contributed by atoms with Crippen LogP contribution in [0.1, 0.15) is 37.0 Å². The Kier molecular flexibility index (Phi) is 4.19. The topological polar surface area (TPSA) is 30.5 Å². The molecule has 1 aromatic rings. The number of halogens is 1. The first kappa shape index (κ1) is 13.3. The maximum Gasteiger partial charge on any atom is 0.130 e. The van der Waals surface area contributed by atoms with Crippen LogP contribution in [0.5, 0.6) is 5.75 Å². The predicted octanol–water partition coefficient (Wildman–Crippen LogP) is 2.62. The van der Waals surface area contributed by atoms with Gasteiger partial charge in [0.2, 0.25) is 0 Å². The van der Waals surface area contributed by atoms with E-state index in [-0.39, 0.29) is 17.8 Å². The number of morpholine rings is 1. The molecule has 0 saturated carbocycles. The quantitative estimate of drug-likeness (QED) is 0.898. The van der Waals surface area contributed by atoms with E-state index in [0.29, 0.717) is 17.9 Å². The fourth-order valence-electron chi connectivity index (χ4n) is 2.23. The third kappa shape index (κ3) is 2.65. The number of hydrogen-bond donors (Lipinski definition) is 1. The molecule has 1 unspecified atom stereocenters. The first-order chi connectivity index (χ1) is 8.63. The highest BCUT2D eigenvalue weighted by Crippen LogP contribution is 2.33. The first-order valence-corrected chi connectivity index (χ1v) is 6.33. The second-order valence-electron chi connectivity index (χ2n) is 4.83. The minimum Gasteiger partial charge on any atom is -0.496 e. The molecule has 1 heterocycles. The molecule has 0 aromatic heterocycles. The van der Waals surface area contributed by atoms with Crippen LogP contribution >= 0.6 is 0 Å². The average Bonchev–Trinajstić information content (AvgIpc) is 2.39. The van der Waals surface area contributed by atoms with E-state index in [2.05, 4.69) is 5.32 Å². The van der Waals surface area contributed by atoms with Gasteiger partial charge < -0.3 is 14.8 Å². The van der Waals surface area contributed by atoms with Gasteiger partial charge in [-0.25, -0.2) is 4.39 Å². The average molecular weight is 253 g/mol. The Hall–Kier alpha value is -1.13. The fourth-order valence-corrected chi connectivity index (χ4v) is 2.23. The van der Waals surface area contributed by atoms with E-state index in [0.717, 1.165) is 18.7 Å². The molecule has 1 saturated heterocycles. The summed E-state index contributed by atoms with van der Waals surface area (Å²) in [6.07, 6.45) is -0.0631. The Morgan fingerprint density at radius 1 is 1.44 bits per heavy atom. The predicted molar refractivity (Wildman–Crippen MR) is 68.6 cm³/mol. The SMILES string of the molecule is COc1cc(F)c(C(C)C)cc1C1CNCCO1. The van der Waals surface area contributed by atoms with Crippen LogP contribution in [-0.4, -0.2) is 26.8 Å². The normalized spacial score (nSPS) is 20.2. The molecule has 1 N–H and O–H groups in total. The van der Waals surface area contributed by atoms with Crippen molar-refractivity contribution in [1.29, 1.82) is 0 Å². The number of rotatable bonds is 3. The molecular weight excluding hydrogens is 233 g/mol. The van der Waals surface area contributed by atoms with Gasteiger partial charge in [-0.3, -0.25) is 0 Å². The van der Waals surface area contributed by atoms with Crippen LogP contribution in [0.4, 0.5) is 4.39 Å². The summed E-state index contributed by atoms with van der Waals surface area (Å²) in [5, 5.41) is 3.27. The third-order valence-electron chi connectivity index (χ3n) is 3.25. The summed E-state index contributed by atoms with van der Waals surface area (Å²) in [5.74, 6) is 0.492. The second kappa shape index (κ2) is 5.67. The van der Waals surface area contributed by atoms with Gasteiger partial charge in [0.25, 0.3) is 0 Å². The van der Waals surface area contributed by atoms with Gasteiger partial charge in [0.05, 0.1) is 19.8 Å². The van der Waals surface area contributed by atoms with Gasteiger partial charge in [-0.05, 0) is 17.5 Å². The van der Waals surface area contributed by atoms with Crippen LogP contribution in [-0.2, 0) is 4.74 Å². The van der Waals surface area contributed by atoms with Gasteiger partial charge in [0, 0.05) is 24.7 Å².